The lowest BCUT2D eigenvalue weighted by atomic mass is 10.1. The third-order valence-corrected chi connectivity index (χ3v) is 6.26. The molecule has 146 valence electrons. The van der Waals surface area contributed by atoms with Gasteiger partial charge in [0, 0.05) is 44.6 Å². The molecule has 7 heteroatoms. The Morgan fingerprint density at radius 1 is 1.35 bits per heavy atom. The predicted molar refractivity (Wildman–Crippen MR) is 106 cm³/mol. The van der Waals surface area contributed by atoms with E-state index < -0.39 is 0 Å². The number of aryl methyl sites for hydroxylation is 2. The molecule has 0 bridgehead atoms. The summed E-state index contributed by atoms with van der Waals surface area (Å²) in [5, 5.41) is 4.66. The third-order valence-electron chi connectivity index (χ3n) is 5.13. The maximum absolute atomic E-state index is 6.07. The fraction of sp³-hybridized carbons (Fsp3) is 0.789. The molecule has 1 aromatic rings. The minimum absolute atomic E-state index is 0.321. The van der Waals surface area contributed by atoms with Crippen molar-refractivity contribution in [1.29, 1.82) is 0 Å². The van der Waals surface area contributed by atoms with E-state index in [2.05, 4.69) is 34.0 Å². The van der Waals surface area contributed by atoms with Gasteiger partial charge in [0.25, 0.3) is 0 Å². The second-order valence-electron chi connectivity index (χ2n) is 7.12. The molecule has 0 spiro atoms. The Morgan fingerprint density at radius 2 is 2.15 bits per heavy atom. The summed E-state index contributed by atoms with van der Waals surface area (Å²) in [6.07, 6.45) is 6.11. The first-order chi connectivity index (χ1) is 12.7. The summed E-state index contributed by atoms with van der Waals surface area (Å²) in [6, 6.07) is 0. The minimum atomic E-state index is 0.321. The summed E-state index contributed by atoms with van der Waals surface area (Å²) in [5.74, 6) is 1.00. The van der Waals surface area contributed by atoms with Crippen molar-refractivity contribution in [2.24, 2.45) is 4.99 Å². The zero-order valence-electron chi connectivity index (χ0n) is 16.3. The molecule has 3 heterocycles. The van der Waals surface area contributed by atoms with Crippen LogP contribution in [0.2, 0.25) is 0 Å². The molecule has 26 heavy (non-hydrogen) atoms. The molecular formula is C19H32N4O2S. The number of nitrogens with one attached hydrogen (secondary N) is 1. The van der Waals surface area contributed by atoms with E-state index in [1.807, 2.05) is 7.05 Å². The second-order valence-corrected chi connectivity index (χ2v) is 8.41. The molecule has 3 rings (SSSR count). The maximum Gasteiger partial charge on any atom is 0.193 e. The van der Waals surface area contributed by atoms with Crippen LogP contribution < -0.4 is 5.32 Å². The van der Waals surface area contributed by atoms with Gasteiger partial charge < -0.3 is 19.7 Å². The van der Waals surface area contributed by atoms with E-state index in [4.69, 9.17) is 9.47 Å². The van der Waals surface area contributed by atoms with Crippen LogP contribution in [0.15, 0.2) is 4.99 Å². The Hall–Kier alpha value is -1.18. The average Bonchev–Trinajstić information content (AvgIpc) is 3.27. The van der Waals surface area contributed by atoms with Crippen molar-refractivity contribution < 1.29 is 9.47 Å². The molecule has 6 nitrogen and oxygen atoms in total. The Kier molecular flexibility index (Phi) is 7.28. The number of hydrogen-bond donors (Lipinski definition) is 1. The molecule has 2 saturated heterocycles. The predicted octanol–water partition coefficient (Wildman–Crippen LogP) is 2.54. The molecule has 0 aromatic carbocycles. The molecule has 0 amide bonds. The van der Waals surface area contributed by atoms with Gasteiger partial charge in [-0.1, -0.05) is 0 Å². The summed E-state index contributed by atoms with van der Waals surface area (Å²) in [6.45, 7) is 8.70. The van der Waals surface area contributed by atoms with E-state index in [-0.39, 0.29) is 0 Å². The van der Waals surface area contributed by atoms with Crippen LogP contribution >= 0.6 is 11.3 Å². The lowest BCUT2D eigenvalue weighted by molar-refractivity contribution is -0.0367. The summed E-state index contributed by atoms with van der Waals surface area (Å²) >= 11 is 1.79. The SMILES string of the molecule is CN=C(NCCc1sc(C)nc1C)N1CCC(OCC2CCCO2)CC1. The van der Waals surface area contributed by atoms with E-state index in [9.17, 15) is 0 Å². The highest BCUT2D eigenvalue weighted by molar-refractivity contribution is 7.11. The maximum atomic E-state index is 6.07. The van der Waals surface area contributed by atoms with Gasteiger partial charge in [0.1, 0.15) is 0 Å². The van der Waals surface area contributed by atoms with Gasteiger partial charge in [-0.15, -0.1) is 11.3 Å². The van der Waals surface area contributed by atoms with Crippen molar-refractivity contribution in [2.75, 3.05) is 39.9 Å². The highest BCUT2D eigenvalue weighted by atomic mass is 32.1. The largest absolute Gasteiger partial charge is 0.376 e. The average molecular weight is 381 g/mol. The lowest BCUT2D eigenvalue weighted by Gasteiger charge is -2.34. The monoisotopic (exact) mass is 380 g/mol. The van der Waals surface area contributed by atoms with Crippen LogP contribution in [0.1, 0.15) is 41.3 Å². The van der Waals surface area contributed by atoms with Crippen LogP contribution in [0.3, 0.4) is 0 Å². The van der Waals surface area contributed by atoms with Crippen LogP contribution in [0.25, 0.3) is 0 Å². The molecule has 0 aliphatic carbocycles. The Balaban J connectivity index is 1.37. The number of aromatic nitrogens is 1. The van der Waals surface area contributed by atoms with Gasteiger partial charge in [0.05, 0.1) is 29.5 Å². The number of guanidine groups is 1. The molecular weight excluding hydrogens is 348 g/mol. The molecule has 2 aliphatic rings. The quantitative estimate of drug-likeness (QED) is 0.607. The van der Waals surface area contributed by atoms with E-state index in [1.165, 1.54) is 11.3 Å². The van der Waals surface area contributed by atoms with Crippen molar-refractivity contribution in [3.05, 3.63) is 15.6 Å². The first kappa shape index (κ1) is 19.6. The van der Waals surface area contributed by atoms with Crippen LogP contribution in [0.4, 0.5) is 0 Å². The number of likely N-dealkylation sites (tertiary alicyclic amines) is 1. The second kappa shape index (κ2) is 9.67. The third kappa shape index (κ3) is 5.41. The highest BCUT2D eigenvalue weighted by Gasteiger charge is 2.24. The number of ether oxygens (including phenoxy) is 2. The summed E-state index contributed by atoms with van der Waals surface area (Å²) in [4.78, 5) is 12.7. The smallest absolute Gasteiger partial charge is 0.193 e. The van der Waals surface area contributed by atoms with Crippen LogP contribution in [-0.4, -0.2) is 67.9 Å². The van der Waals surface area contributed by atoms with Crippen molar-refractivity contribution in [1.82, 2.24) is 15.2 Å². The minimum Gasteiger partial charge on any atom is -0.376 e. The number of thiazole rings is 1. The first-order valence-corrected chi connectivity index (χ1v) is 10.6. The number of hydrogen-bond acceptors (Lipinski definition) is 5. The molecule has 1 atom stereocenters. The summed E-state index contributed by atoms with van der Waals surface area (Å²) in [7, 11) is 1.87. The Bertz CT molecular complexity index is 590. The van der Waals surface area contributed by atoms with Crippen molar-refractivity contribution in [3.8, 4) is 0 Å². The van der Waals surface area contributed by atoms with E-state index >= 15 is 0 Å². The number of rotatable bonds is 6. The molecule has 2 fully saturated rings. The van der Waals surface area contributed by atoms with E-state index in [1.54, 1.807) is 11.3 Å². The zero-order chi connectivity index (χ0) is 18.4. The highest BCUT2D eigenvalue weighted by Crippen LogP contribution is 2.19. The lowest BCUT2D eigenvalue weighted by Crippen LogP contribution is -2.47. The molecule has 0 saturated carbocycles. The van der Waals surface area contributed by atoms with Crippen LogP contribution in [0, 0.1) is 13.8 Å². The summed E-state index contributed by atoms with van der Waals surface area (Å²) < 4.78 is 11.7. The Morgan fingerprint density at radius 3 is 2.77 bits per heavy atom. The van der Waals surface area contributed by atoms with E-state index in [0.29, 0.717) is 12.2 Å². The van der Waals surface area contributed by atoms with Gasteiger partial charge in [0.2, 0.25) is 0 Å². The van der Waals surface area contributed by atoms with Gasteiger partial charge in [0.15, 0.2) is 5.96 Å². The van der Waals surface area contributed by atoms with Crippen LogP contribution in [-0.2, 0) is 15.9 Å². The molecule has 2 aliphatic heterocycles. The van der Waals surface area contributed by atoms with Gasteiger partial charge in [-0.25, -0.2) is 4.98 Å². The van der Waals surface area contributed by atoms with Gasteiger partial charge in [-0.3, -0.25) is 4.99 Å². The number of piperidine rings is 1. The normalized spacial score (nSPS) is 22.2. The molecule has 1 N–H and O–H groups in total. The topological polar surface area (TPSA) is 59.0 Å². The Labute approximate surface area is 161 Å². The number of aliphatic imine (C=N–C) groups is 1. The standard InChI is InChI=1S/C19H32N4O2S/c1-14-18(26-15(2)22-14)6-9-21-19(20-3)23-10-7-16(8-11-23)25-13-17-5-4-12-24-17/h16-17H,4-13H2,1-3H3,(H,20,21). The summed E-state index contributed by atoms with van der Waals surface area (Å²) in [5.41, 5.74) is 1.16. The van der Waals surface area contributed by atoms with Crippen LogP contribution in [0.5, 0.6) is 0 Å². The zero-order valence-corrected chi connectivity index (χ0v) is 17.1. The molecule has 1 aromatic heterocycles. The van der Waals surface area contributed by atoms with Gasteiger partial charge in [-0.2, -0.15) is 0 Å². The van der Waals surface area contributed by atoms with Crippen molar-refractivity contribution >= 4 is 17.3 Å². The van der Waals surface area contributed by atoms with Gasteiger partial charge in [-0.05, 0) is 39.5 Å². The van der Waals surface area contributed by atoms with E-state index in [0.717, 1.165) is 75.2 Å². The molecule has 0 radical (unpaired) electrons. The first-order valence-electron chi connectivity index (χ1n) is 9.77. The number of nitrogens with zero attached hydrogens (tertiary/aromatic N) is 3. The fourth-order valence-corrected chi connectivity index (χ4v) is 4.62. The fourth-order valence-electron chi connectivity index (χ4n) is 3.68. The van der Waals surface area contributed by atoms with Crippen molar-refractivity contribution in [2.45, 2.75) is 58.2 Å². The van der Waals surface area contributed by atoms with Gasteiger partial charge >= 0.3 is 0 Å². The van der Waals surface area contributed by atoms with Crippen molar-refractivity contribution in [3.63, 3.8) is 0 Å². The molecule has 1 unspecified atom stereocenters.